The summed E-state index contributed by atoms with van der Waals surface area (Å²) in [7, 11) is 0. The Morgan fingerprint density at radius 2 is 1.90 bits per heavy atom. The number of hydrogen-bond donors (Lipinski definition) is 2. The Bertz CT molecular complexity index is 944. The van der Waals surface area contributed by atoms with Gasteiger partial charge in [0.2, 0.25) is 11.8 Å². The molecule has 4 rings (SSSR count). The summed E-state index contributed by atoms with van der Waals surface area (Å²) in [4.78, 5) is 39.6. The van der Waals surface area contributed by atoms with Gasteiger partial charge in [-0.1, -0.05) is 24.3 Å². The highest BCUT2D eigenvalue weighted by Crippen LogP contribution is 2.31. The van der Waals surface area contributed by atoms with Gasteiger partial charge < -0.3 is 25.2 Å². The van der Waals surface area contributed by atoms with Gasteiger partial charge in [-0.2, -0.15) is 0 Å². The molecular weight excluding hydrogens is 384 g/mol. The van der Waals surface area contributed by atoms with Crippen molar-refractivity contribution in [2.75, 3.05) is 42.6 Å². The summed E-state index contributed by atoms with van der Waals surface area (Å²) >= 11 is 0. The van der Waals surface area contributed by atoms with Crippen molar-refractivity contribution >= 4 is 29.1 Å². The van der Waals surface area contributed by atoms with Gasteiger partial charge in [-0.3, -0.25) is 14.4 Å². The van der Waals surface area contributed by atoms with Gasteiger partial charge in [-0.15, -0.1) is 0 Å². The number of hydrogen-bond acceptors (Lipinski definition) is 5. The zero-order chi connectivity index (χ0) is 20.9. The van der Waals surface area contributed by atoms with Crippen molar-refractivity contribution in [3.05, 3.63) is 54.1 Å². The number of nitrogens with one attached hydrogen (secondary N) is 2. The smallest absolute Gasteiger partial charge is 0.265 e. The summed E-state index contributed by atoms with van der Waals surface area (Å²) in [6.45, 7) is 2.50. The maximum absolute atomic E-state index is 12.3. The SMILES string of the molecule is O=C(CCN1C(=O)COc2ccccc21)NCc1ccc(N2CCNC(=O)C2)cc1. The number of fused-ring (bicyclic) bond motifs is 1. The minimum absolute atomic E-state index is 0.0103. The predicted octanol–water partition coefficient (Wildman–Crippen LogP) is 1.05. The number of anilines is 2. The quantitative estimate of drug-likeness (QED) is 0.746. The summed E-state index contributed by atoms with van der Waals surface area (Å²) in [5.74, 6) is 0.412. The lowest BCUT2D eigenvalue weighted by Crippen LogP contribution is -2.47. The fourth-order valence-electron chi connectivity index (χ4n) is 3.59. The standard InChI is InChI=1S/C22H24N4O4/c27-20(9-11-26-18-3-1-2-4-19(18)30-15-22(26)29)24-13-16-5-7-17(8-6-16)25-12-10-23-21(28)14-25/h1-8H,9-15H2,(H,23,28)(H,24,27). The Morgan fingerprint density at radius 1 is 1.10 bits per heavy atom. The second kappa shape index (κ2) is 8.86. The number of ether oxygens (including phenoxy) is 1. The van der Waals surface area contributed by atoms with Crippen molar-refractivity contribution in [3.8, 4) is 5.75 Å². The van der Waals surface area contributed by atoms with Crippen molar-refractivity contribution < 1.29 is 19.1 Å². The first kappa shape index (κ1) is 19.8. The lowest BCUT2D eigenvalue weighted by molar-refractivity contribution is -0.122. The molecule has 1 saturated heterocycles. The van der Waals surface area contributed by atoms with E-state index in [1.807, 2.05) is 53.4 Å². The van der Waals surface area contributed by atoms with E-state index in [1.54, 1.807) is 4.90 Å². The largest absolute Gasteiger partial charge is 0.482 e. The van der Waals surface area contributed by atoms with Crippen LogP contribution in [0.1, 0.15) is 12.0 Å². The van der Waals surface area contributed by atoms with Crippen molar-refractivity contribution in [1.82, 2.24) is 10.6 Å². The lowest BCUT2D eigenvalue weighted by atomic mass is 10.1. The van der Waals surface area contributed by atoms with E-state index in [0.717, 1.165) is 17.8 Å². The first-order valence-electron chi connectivity index (χ1n) is 9.99. The zero-order valence-corrected chi connectivity index (χ0v) is 16.6. The summed E-state index contributed by atoms with van der Waals surface area (Å²) in [5, 5.41) is 5.71. The molecule has 0 unspecified atom stereocenters. The molecule has 8 nitrogen and oxygen atoms in total. The van der Waals surface area contributed by atoms with Crippen LogP contribution in [0.25, 0.3) is 0 Å². The van der Waals surface area contributed by atoms with E-state index in [4.69, 9.17) is 4.74 Å². The van der Waals surface area contributed by atoms with Crippen molar-refractivity contribution in [2.24, 2.45) is 0 Å². The van der Waals surface area contributed by atoms with Crippen molar-refractivity contribution in [3.63, 3.8) is 0 Å². The molecule has 156 valence electrons. The summed E-state index contributed by atoms with van der Waals surface area (Å²) < 4.78 is 5.42. The molecule has 2 heterocycles. The molecule has 0 atom stereocenters. The number of amides is 3. The Labute approximate surface area is 174 Å². The van der Waals surface area contributed by atoms with Gasteiger partial charge >= 0.3 is 0 Å². The molecule has 30 heavy (non-hydrogen) atoms. The van der Waals surface area contributed by atoms with Gasteiger partial charge in [0.05, 0.1) is 12.2 Å². The van der Waals surface area contributed by atoms with Crippen LogP contribution < -0.4 is 25.2 Å². The monoisotopic (exact) mass is 408 g/mol. The van der Waals surface area contributed by atoms with E-state index >= 15 is 0 Å². The Kier molecular flexibility index (Phi) is 5.83. The molecule has 0 aromatic heterocycles. The molecule has 2 N–H and O–H groups in total. The van der Waals surface area contributed by atoms with Crippen LogP contribution in [0.5, 0.6) is 5.75 Å². The van der Waals surface area contributed by atoms with Gasteiger partial charge in [0.15, 0.2) is 6.61 Å². The number of piperazine rings is 1. The molecule has 0 bridgehead atoms. The van der Waals surface area contributed by atoms with Crippen LogP contribution in [0.3, 0.4) is 0 Å². The topological polar surface area (TPSA) is 91.0 Å². The average Bonchev–Trinajstić information content (AvgIpc) is 2.77. The molecule has 1 fully saturated rings. The van der Waals surface area contributed by atoms with Gasteiger partial charge in [0.1, 0.15) is 5.75 Å². The van der Waals surface area contributed by atoms with E-state index in [2.05, 4.69) is 10.6 Å². The lowest BCUT2D eigenvalue weighted by Gasteiger charge is -2.29. The Morgan fingerprint density at radius 3 is 2.70 bits per heavy atom. The third-order valence-corrected chi connectivity index (χ3v) is 5.20. The van der Waals surface area contributed by atoms with E-state index < -0.39 is 0 Å². The van der Waals surface area contributed by atoms with E-state index in [9.17, 15) is 14.4 Å². The van der Waals surface area contributed by atoms with Crippen LogP contribution in [-0.4, -0.2) is 50.5 Å². The minimum atomic E-state index is -0.150. The highest BCUT2D eigenvalue weighted by molar-refractivity contribution is 5.98. The minimum Gasteiger partial charge on any atom is -0.482 e. The summed E-state index contributed by atoms with van der Waals surface area (Å²) in [6.07, 6.45) is 0.209. The summed E-state index contributed by atoms with van der Waals surface area (Å²) in [6, 6.07) is 15.1. The molecule has 0 saturated carbocycles. The van der Waals surface area contributed by atoms with Gasteiger partial charge in [-0.05, 0) is 29.8 Å². The first-order chi connectivity index (χ1) is 14.6. The molecule has 2 aromatic rings. The van der Waals surface area contributed by atoms with Crippen LogP contribution >= 0.6 is 0 Å². The molecular formula is C22H24N4O4. The maximum atomic E-state index is 12.3. The molecule has 2 aliphatic heterocycles. The maximum Gasteiger partial charge on any atom is 0.265 e. The second-order valence-corrected chi connectivity index (χ2v) is 7.27. The van der Waals surface area contributed by atoms with Crippen LogP contribution in [0, 0.1) is 0 Å². The van der Waals surface area contributed by atoms with Crippen LogP contribution in [0.2, 0.25) is 0 Å². The van der Waals surface area contributed by atoms with Crippen molar-refractivity contribution in [1.29, 1.82) is 0 Å². The molecule has 3 amide bonds. The van der Waals surface area contributed by atoms with Gasteiger partial charge in [0, 0.05) is 38.3 Å². The van der Waals surface area contributed by atoms with E-state index in [-0.39, 0.29) is 30.7 Å². The van der Waals surface area contributed by atoms with E-state index in [1.165, 1.54) is 0 Å². The van der Waals surface area contributed by atoms with Crippen LogP contribution in [0.15, 0.2) is 48.5 Å². The fourth-order valence-corrected chi connectivity index (χ4v) is 3.59. The van der Waals surface area contributed by atoms with Crippen LogP contribution in [0.4, 0.5) is 11.4 Å². The first-order valence-corrected chi connectivity index (χ1v) is 9.99. The number of carbonyl (C=O) groups is 3. The second-order valence-electron chi connectivity index (χ2n) is 7.27. The van der Waals surface area contributed by atoms with Crippen molar-refractivity contribution in [2.45, 2.75) is 13.0 Å². The zero-order valence-electron chi connectivity index (χ0n) is 16.6. The molecule has 2 aliphatic rings. The highest BCUT2D eigenvalue weighted by Gasteiger charge is 2.25. The predicted molar refractivity (Wildman–Crippen MR) is 112 cm³/mol. The van der Waals surface area contributed by atoms with Crippen LogP contribution in [-0.2, 0) is 20.9 Å². The number of para-hydroxylation sites is 2. The van der Waals surface area contributed by atoms with Gasteiger partial charge in [-0.25, -0.2) is 0 Å². The Hall–Kier alpha value is -3.55. The number of nitrogens with zero attached hydrogens (tertiary/aromatic N) is 2. The highest BCUT2D eigenvalue weighted by atomic mass is 16.5. The molecule has 0 aliphatic carbocycles. The van der Waals surface area contributed by atoms with E-state index in [0.29, 0.717) is 37.6 Å². The summed E-state index contributed by atoms with van der Waals surface area (Å²) in [5.41, 5.74) is 2.66. The molecule has 2 aromatic carbocycles. The molecule has 0 radical (unpaired) electrons. The third-order valence-electron chi connectivity index (χ3n) is 5.20. The number of benzene rings is 2. The average molecular weight is 408 g/mol. The molecule has 0 spiro atoms. The third kappa shape index (κ3) is 4.53. The van der Waals surface area contributed by atoms with Gasteiger partial charge in [0.25, 0.3) is 5.91 Å². The molecule has 8 heteroatoms. The fraction of sp³-hybridized carbons (Fsp3) is 0.318. The number of carbonyl (C=O) groups excluding carboxylic acids is 3. The number of rotatable bonds is 6. The Balaban J connectivity index is 1.27. The normalized spacial score (nSPS) is 15.9.